The molecule has 49 heavy (non-hydrogen) atoms. The van der Waals surface area contributed by atoms with E-state index >= 15 is 0 Å². The van der Waals surface area contributed by atoms with Crippen LogP contribution >= 0.6 is 11.6 Å². The summed E-state index contributed by atoms with van der Waals surface area (Å²) >= 11 is 6.44. The first-order chi connectivity index (χ1) is 23.4. The number of benzene rings is 2. The van der Waals surface area contributed by atoms with Gasteiger partial charge in [0.25, 0.3) is 11.8 Å². The number of carbonyl (C=O) groups excluding carboxylic acids is 2. The van der Waals surface area contributed by atoms with Gasteiger partial charge in [-0.1, -0.05) is 29.8 Å². The maximum atomic E-state index is 15.0. The molecule has 1 fully saturated rings. The van der Waals surface area contributed by atoms with E-state index in [9.17, 15) is 18.9 Å². The number of nitrogens with one attached hydrogen (secondary N) is 1. The molecule has 1 aromatic heterocycles. The number of halogens is 1. The molecular weight excluding hydrogens is 666 g/mol. The highest BCUT2D eigenvalue weighted by molar-refractivity contribution is 7.92. The van der Waals surface area contributed by atoms with Gasteiger partial charge in [-0.05, 0) is 99.2 Å². The van der Waals surface area contributed by atoms with Gasteiger partial charge >= 0.3 is 0 Å². The summed E-state index contributed by atoms with van der Waals surface area (Å²) in [7, 11) is -2.22. The van der Waals surface area contributed by atoms with E-state index in [-0.39, 0.29) is 34.3 Å². The zero-order chi connectivity index (χ0) is 34.6. The number of nitrogens with zero attached hydrogens (tertiary/aromatic N) is 4. The topological polar surface area (TPSA) is 135 Å². The van der Waals surface area contributed by atoms with Gasteiger partial charge < -0.3 is 19.5 Å². The normalized spacial score (nSPS) is 30.1. The molecule has 2 N–H and O–H groups in total. The van der Waals surface area contributed by atoms with Gasteiger partial charge in [0.15, 0.2) is 9.92 Å². The molecule has 13 heteroatoms. The third kappa shape index (κ3) is 6.51. The van der Waals surface area contributed by atoms with Crippen molar-refractivity contribution in [2.45, 2.75) is 68.0 Å². The molecule has 3 aromatic rings. The van der Waals surface area contributed by atoms with Crippen molar-refractivity contribution in [1.82, 2.24) is 14.5 Å². The first-order valence-electron chi connectivity index (χ1n) is 16.8. The van der Waals surface area contributed by atoms with E-state index in [1.165, 1.54) is 42.0 Å². The van der Waals surface area contributed by atoms with Crippen LogP contribution in [0.1, 0.15) is 61.0 Å². The molecule has 1 unspecified atom stereocenters. The summed E-state index contributed by atoms with van der Waals surface area (Å²) < 4.78 is 35.7. The van der Waals surface area contributed by atoms with Gasteiger partial charge in [0.05, 0.1) is 41.7 Å². The zero-order valence-corrected chi connectivity index (χ0v) is 29.5. The van der Waals surface area contributed by atoms with E-state index in [0.29, 0.717) is 36.2 Å². The summed E-state index contributed by atoms with van der Waals surface area (Å²) in [6.07, 6.45) is 10.3. The highest BCUT2D eigenvalue weighted by Gasteiger charge is 2.44. The van der Waals surface area contributed by atoms with E-state index in [1.54, 1.807) is 37.4 Å². The highest BCUT2D eigenvalue weighted by atomic mass is 35.5. The molecule has 2 aromatic carbocycles. The predicted octanol–water partition coefficient (Wildman–Crippen LogP) is 5.00. The molecule has 0 radical (unpaired) electrons. The van der Waals surface area contributed by atoms with E-state index in [0.717, 1.165) is 32.1 Å². The number of fused-ring (bicyclic) bond motifs is 4. The molecular formula is C36H42ClN5O6S. The van der Waals surface area contributed by atoms with Gasteiger partial charge in [-0.3, -0.25) is 19.0 Å². The largest absolute Gasteiger partial charge is 0.490 e. The van der Waals surface area contributed by atoms with Crippen molar-refractivity contribution in [3.63, 3.8) is 0 Å². The molecule has 2 aliphatic carbocycles. The van der Waals surface area contributed by atoms with E-state index in [2.05, 4.69) is 31.2 Å². The third-order valence-electron chi connectivity index (χ3n) is 10.5. The van der Waals surface area contributed by atoms with Gasteiger partial charge in [0.2, 0.25) is 0 Å². The lowest BCUT2D eigenvalue weighted by atomic mass is 9.68. The minimum Gasteiger partial charge on any atom is -0.490 e. The Hall–Kier alpha value is -3.71. The SMILES string of the molecule is Cn1cc(C(=O)NS2(=O)=NC(=O)C(C)(C)OC/C=C/[C@H](O)[C@@H]3CC[C@H]3CN3C[C@@]4(CCCc5cc(Cl)ccc54)COc4ccc2cc43)cn1. The fourth-order valence-electron chi connectivity index (χ4n) is 7.56. The number of hydrogen-bond acceptors (Lipinski definition) is 8. The Morgan fingerprint density at radius 1 is 1.18 bits per heavy atom. The Labute approximate surface area is 291 Å². The lowest BCUT2D eigenvalue weighted by Gasteiger charge is -2.45. The van der Waals surface area contributed by atoms with Crippen molar-refractivity contribution in [3.8, 4) is 5.75 Å². The first kappa shape index (κ1) is 33.8. The fraction of sp³-hybridized carbons (Fsp3) is 0.472. The molecule has 5 atom stereocenters. The number of aromatic nitrogens is 2. The van der Waals surface area contributed by atoms with Crippen LogP contribution in [0.5, 0.6) is 5.75 Å². The van der Waals surface area contributed by atoms with Crippen molar-refractivity contribution >= 4 is 39.0 Å². The Morgan fingerprint density at radius 2 is 2.02 bits per heavy atom. The van der Waals surface area contributed by atoms with Gasteiger partial charge in [0.1, 0.15) is 11.4 Å². The zero-order valence-electron chi connectivity index (χ0n) is 27.9. The Morgan fingerprint density at radius 3 is 2.78 bits per heavy atom. The number of rotatable bonds is 2. The second kappa shape index (κ2) is 12.9. The number of anilines is 1. The highest BCUT2D eigenvalue weighted by Crippen LogP contribution is 2.47. The average molecular weight is 708 g/mol. The minimum atomic E-state index is -3.89. The Balaban J connectivity index is 1.37. The number of aryl methyl sites for hydroxylation is 2. The van der Waals surface area contributed by atoms with Gasteiger partial charge in [0, 0.05) is 36.8 Å². The van der Waals surface area contributed by atoms with Crippen molar-refractivity contribution in [2.75, 3.05) is 31.2 Å². The molecule has 2 bridgehead atoms. The van der Waals surface area contributed by atoms with E-state index < -0.39 is 33.4 Å². The maximum Gasteiger partial charge on any atom is 0.287 e. The van der Waals surface area contributed by atoms with Crippen LogP contribution in [-0.2, 0) is 38.3 Å². The molecule has 1 saturated carbocycles. The van der Waals surface area contributed by atoms with E-state index in [1.807, 2.05) is 6.07 Å². The molecule has 2 aliphatic heterocycles. The quantitative estimate of drug-likeness (QED) is 0.356. The maximum absolute atomic E-state index is 15.0. The van der Waals surface area contributed by atoms with Crippen molar-refractivity contribution in [3.05, 3.63) is 82.7 Å². The lowest BCUT2D eigenvalue weighted by molar-refractivity contribution is -0.137. The summed E-state index contributed by atoms with van der Waals surface area (Å²) in [6, 6.07) is 11.2. The summed E-state index contributed by atoms with van der Waals surface area (Å²) in [5.74, 6) is -0.652. The lowest BCUT2D eigenvalue weighted by Crippen LogP contribution is -2.49. The monoisotopic (exact) mass is 707 g/mol. The smallest absolute Gasteiger partial charge is 0.287 e. The molecule has 7 rings (SSSR count). The van der Waals surface area contributed by atoms with Crippen LogP contribution < -0.4 is 14.4 Å². The van der Waals surface area contributed by atoms with Crippen LogP contribution in [-0.4, -0.2) is 68.9 Å². The van der Waals surface area contributed by atoms with Crippen LogP contribution in [0.15, 0.2) is 70.2 Å². The molecule has 1 spiro atoms. The minimum absolute atomic E-state index is 0.0419. The molecule has 260 valence electrons. The van der Waals surface area contributed by atoms with E-state index in [4.69, 9.17) is 21.1 Å². The number of aliphatic hydroxyl groups is 1. The third-order valence-corrected chi connectivity index (χ3v) is 12.5. The van der Waals surface area contributed by atoms with Crippen molar-refractivity contribution < 1.29 is 28.4 Å². The number of hydrogen-bond donors (Lipinski definition) is 2. The summed E-state index contributed by atoms with van der Waals surface area (Å²) in [4.78, 5) is 29.6. The predicted molar refractivity (Wildman–Crippen MR) is 186 cm³/mol. The van der Waals surface area contributed by atoms with Crippen LogP contribution in [0, 0.1) is 11.8 Å². The molecule has 2 amide bonds. The van der Waals surface area contributed by atoms with Crippen molar-refractivity contribution in [1.29, 1.82) is 0 Å². The Kier molecular flexibility index (Phi) is 8.87. The van der Waals surface area contributed by atoms with Crippen LogP contribution in [0.3, 0.4) is 0 Å². The van der Waals surface area contributed by atoms with Crippen molar-refractivity contribution in [2.24, 2.45) is 23.2 Å². The molecule has 11 nitrogen and oxygen atoms in total. The summed E-state index contributed by atoms with van der Waals surface area (Å²) in [5.41, 5.74) is 1.48. The average Bonchev–Trinajstić information content (AvgIpc) is 3.43. The van der Waals surface area contributed by atoms with Crippen LogP contribution in [0.2, 0.25) is 5.02 Å². The molecule has 3 heterocycles. The standard InChI is InChI=1S/C36H42ClN5O6S/c1-35(2)34(45)40-49(46,39-33(44)25-18-38-41(3)19-25)27-10-13-32-30(17-27)42(20-24-8-11-28(24)31(43)7-5-15-48-35)21-36(22-47-32)14-4-6-23-16-26(37)9-12-29(23)36/h5,7,9-10,12-13,16-19,24,28,31,43H,4,6,8,11,14-15,20-22H2,1-3H3,(H,39,40,44,45,46)/b7-5+/t24-,28+,31-,36-,49?/m0/s1. The van der Waals surface area contributed by atoms with Gasteiger partial charge in [-0.25, -0.2) is 4.21 Å². The number of ether oxygens (including phenoxy) is 2. The van der Waals surface area contributed by atoms with Gasteiger partial charge in [-0.15, -0.1) is 4.36 Å². The number of amides is 2. The van der Waals surface area contributed by atoms with Gasteiger partial charge in [-0.2, -0.15) is 5.10 Å². The van der Waals surface area contributed by atoms with Crippen LogP contribution in [0.4, 0.5) is 5.69 Å². The molecule has 0 saturated heterocycles. The molecule has 4 aliphatic rings. The number of aliphatic hydroxyl groups excluding tert-OH is 1. The summed E-state index contributed by atoms with van der Waals surface area (Å²) in [6.45, 7) is 4.80. The first-order valence-corrected chi connectivity index (χ1v) is 18.7. The fourth-order valence-corrected chi connectivity index (χ4v) is 9.37. The second-order valence-electron chi connectivity index (χ2n) is 14.2. The summed E-state index contributed by atoms with van der Waals surface area (Å²) in [5, 5.41) is 16.0. The number of carbonyl (C=O) groups is 2. The second-order valence-corrected chi connectivity index (χ2v) is 16.6. The van der Waals surface area contributed by atoms with Crippen LogP contribution in [0.25, 0.3) is 0 Å². The Bertz CT molecular complexity index is 1950.